The molecule has 4 N–H and O–H groups in total. The number of anilines is 2. The molecule has 0 aliphatic heterocycles. The summed E-state index contributed by atoms with van der Waals surface area (Å²) in [4.78, 5) is 0. The second-order valence-corrected chi connectivity index (χ2v) is 4.76. The van der Waals surface area contributed by atoms with E-state index in [1.54, 1.807) is 18.2 Å². The van der Waals surface area contributed by atoms with Gasteiger partial charge < -0.3 is 11.1 Å². The number of hydrogen-bond donors (Lipinski definition) is 3. The Morgan fingerprint density at radius 3 is 2.73 bits per heavy atom. The van der Waals surface area contributed by atoms with Crippen LogP contribution in [0.15, 0.2) is 24.3 Å². The first kappa shape index (κ1) is 11.8. The van der Waals surface area contributed by atoms with Gasteiger partial charge in [-0.3, -0.25) is 4.55 Å². The normalized spacial score (nSPS) is 11.3. The smallest absolute Gasteiger partial charge is 0.264 e. The van der Waals surface area contributed by atoms with E-state index in [-0.39, 0.29) is 5.75 Å². The van der Waals surface area contributed by atoms with Crippen LogP contribution in [0.1, 0.15) is 6.42 Å². The van der Waals surface area contributed by atoms with Crippen molar-refractivity contribution in [2.45, 2.75) is 6.42 Å². The van der Waals surface area contributed by atoms with Gasteiger partial charge in [-0.2, -0.15) is 8.42 Å². The first-order valence-corrected chi connectivity index (χ1v) is 6.13. The van der Waals surface area contributed by atoms with E-state index in [1.807, 2.05) is 6.07 Å². The highest BCUT2D eigenvalue weighted by atomic mass is 32.2. The van der Waals surface area contributed by atoms with Crippen LogP contribution >= 0.6 is 0 Å². The van der Waals surface area contributed by atoms with Crippen LogP contribution in [0.25, 0.3) is 0 Å². The Kier molecular flexibility index (Phi) is 3.93. The number of nitrogen functional groups attached to an aromatic ring is 1. The topological polar surface area (TPSA) is 92.4 Å². The van der Waals surface area contributed by atoms with Gasteiger partial charge in [-0.25, -0.2) is 0 Å². The molecule has 0 bridgehead atoms. The summed E-state index contributed by atoms with van der Waals surface area (Å²) >= 11 is 0. The molecular weight excluding hydrogens is 216 g/mol. The second-order valence-electron chi connectivity index (χ2n) is 3.19. The lowest BCUT2D eigenvalue weighted by Gasteiger charge is -2.05. The molecule has 15 heavy (non-hydrogen) atoms. The summed E-state index contributed by atoms with van der Waals surface area (Å²) in [6.45, 7) is 0.475. The second kappa shape index (κ2) is 4.99. The highest BCUT2D eigenvalue weighted by Crippen LogP contribution is 2.11. The molecule has 0 spiro atoms. The van der Waals surface area contributed by atoms with E-state index in [4.69, 9.17) is 10.3 Å². The Hall–Kier alpha value is -1.27. The summed E-state index contributed by atoms with van der Waals surface area (Å²) in [5.74, 6) is -0.234. The van der Waals surface area contributed by atoms with Crippen LogP contribution in [0, 0.1) is 0 Å². The fourth-order valence-corrected chi connectivity index (χ4v) is 1.65. The van der Waals surface area contributed by atoms with E-state index < -0.39 is 10.1 Å². The number of rotatable bonds is 5. The van der Waals surface area contributed by atoms with Gasteiger partial charge in [-0.05, 0) is 24.6 Å². The Bertz CT molecular complexity index is 417. The van der Waals surface area contributed by atoms with Crippen molar-refractivity contribution in [2.24, 2.45) is 0 Å². The molecule has 0 saturated carbocycles. The summed E-state index contributed by atoms with van der Waals surface area (Å²) in [7, 11) is -3.85. The zero-order valence-corrected chi connectivity index (χ0v) is 9.00. The minimum absolute atomic E-state index is 0.234. The fraction of sp³-hybridized carbons (Fsp3) is 0.333. The van der Waals surface area contributed by atoms with Crippen molar-refractivity contribution >= 4 is 21.5 Å². The van der Waals surface area contributed by atoms with E-state index in [0.29, 0.717) is 18.7 Å². The molecular formula is C9H14N2O3S. The van der Waals surface area contributed by atoms with Crippen molar-refractivity contribution in [2.75, 3.05) is 23.3 Å². The fourth-order valence-electron chi connectivity index (χ4n) is 1.14. The minimum atomic E-state index is -3.85. The molecule has 5 nitrogen and oxygen atoms in total. The van der Waals surface area contributed by atoms with E-state index >= 15 is 0 Å². The predicted octanol–water partition coefficient (Wildman–Crippen LogP) is 0.959. The van der Waals surface area contributed by atoms with Crippen LogP contribution in [0.4, 0.5) is 11.4 Å². The lowest BCUT2D eigenvalue weighted by molar-refractivity contribution is 0.481. The summed E-state index contributed by atoms with van der Waals surface area (Å²) in [5, 5.41) is 3.00. The number of nitrogens with one attached hydrogen (secondary N) is 1. The van der Waals surface area contributed by atoms with Crippen LogP contribution < -0.4 is 11.1 Å². The van der Waals surface area contributed by atoms with Crippen molar-refractivity contribution in [1.29, 1.82) is 0 Å². The third-order valence-electron chi connectivity index (χ3n) is 1.79. The molecule has 0 saturated heterocycles. The van der Waals surface area contributed by atoms with Gasteiger partial charge in [0.05, 0.1) is 5.75 Å². The van der Waals surface area contributed by atoms with E-state index in [0.717, 1.165) is 5.69 Å². The first-order valence-electron chi connectivity index (χ1n) is 4.52. The quantitative estimate of drug-likeness (QED) is 0.398. The zero-order valence-electron chi connectivity index (χ0n) is 8.18. The Labute approximate surface area is 89.0 Å². The third kappa shape index (κ3) is 5.24. The maximum atomic E-state index is 10.4. The van der Waals surface area contributed by atoms with Crippen LogP contribution in [0.3, 0.4) is 0 Å². The molecule has 0 unspecified atom stereocenters. The minimum Gasteiger partial charge on any atom is -0.399 e. The van der Waals surface area contributed by atoms with Gasteiger partial charge in [0.1, 0.15) is 0 Å². The molecule has 6 heteroatoms. The van der Waals surface area contributed by atoms with Gasteiger partial charge in [-0.1, -0.05) is 6.07 Å². The van der Waals surface area contributed by atoms with E-state index in [9.17, 15) is 8.42 Å². The highest BCUT2D eigenvalue weighted by molar-refractivity contribution is 7.85. The number of benzene rings is 1. The van der Waals surface area contributed by atoms with Gasteiger partial charge in [-0.15, -0.1) is 0 Å². The molecule has 0 atom stereocenters. The standard InChI is InChI=1S/C9H14N2O3S/c10-8-3-1-4-9(7-8)11-5-2-6-15(12,13)14/h1,3-4,7,11H,2,5-6,10H2,(H,12,13,14). The molecule has 1 rings (SSSR count). The summed E-state index contributed by atoms with van der Waals surface area (Å²) < 4.78 is 29.3. The summed E-state index contributed by atoms with van der Waals surface area (Å²) in [6.07, 6.45) is 0.355. The van der Waals surface area contributed by atoms with E-state index in [2.05, 4.69) is 5.32 Å². The maximum absolute atomic E-state index is 10.4. The lowest BCUT2D eigenvalue weighted by atomic mass is 10.3. The summed E-state index contributed by atoms with van der Waals surface area (Å²) in [5.41, 5.74) is 7.04. The van der Waals surface area contributed by atoms with Crippen LogP contribution in [0.2, 0.25) is 0 Å². The Balaban J connectivity index is 2.32. The predicted molar refractivity (Wildman–Crippen MR) is 60.4 cm³/mol. The Morgan fingerprint density at radius 2 is 2.13 bits per heavy atom. The molecule has 0 radical (unpaired) electrons. The highest BCUT2D eigenvalue weighted by Gasteiger charge is 2.02. The molecule has 1 aromatic carbocycles. The molecule has 0 aromatic heterocycles. The first-order chi connectivity index (χ1) is 6.97. The zero-order chi connectivity index (χ0) is 11.3. The van der Waals surface area contributed by atoms with Crippen LogP contribution in [-0.4, -0.2) is 25.3 Å². The molecule has 1 aromatic rings. The van der Waals surface area contributed by atoms with Crippen molar-refractivity contribution < 1.29 is 13.0 Å². The lowest BCUT2D eigenvalue weighted by Crippen LogP contribution is -2.10. The maximum Gasteiger partial charge on any atom is 0.264 e. The van der Waals surface area contributed by atoms with Gasteiger partial charge >= 0.3 is 0 Å². The van der Waals surface area contributed by atoms with Gasteiger partial charge in [0.15, 0.2) is 0 Å². The molecule has 0 fully saturated rings. The average molecular weight is 230 g/mol. The average Bonchev–Trinajstić information content (AvgIpc) is 2.11. The molecule has 0 amide bonds. The SMILES string of the molecule is Nc1cccc(NCCCS(=O)(=O)O)c1. The largest absolute Gasteiger partial charge is 0.399 e. The van der Waals surface area contributed by atoms with Crippen molar-refractivity contribution in [1.82, 2.24) is 0 Å². The molecule has 0 heterocycles. The van der Waals surface area contributed by atoms with Crippen LogP contribution in [-0.2, 0) is 10.1 Å². The van der Waals surface area contributed by atoms with Crippen molar-refractivity contribution in [3.05, 3.63) is 24.3 Å². The molecule has 0 aliphatic rings. The van der Waals surface area contributed by atoms with Gasteiger partial charge in [0.25, 0.3) is 10.1 Å². The Morgan fingerprint density at radius 1 is 1.40 bits per heavy atom. The van der Waals surface area contributed by atoms with Crippen molar-refractivity contribution in [3.8, 4) is 0 Å². The van der Waals surface area contributed by atoms with Gasteiger partial charge in [0.2, 0.25) is 0 Å². The van der Waals surface area contributed by atoms with Gasteiger partial charge in [0, 0.05) is 17.9 Å². The van der Waals surface area contributed by atoms with Crippen molar-refractivity contribution in [3.63, 3.8) is 0 Å². The van der Waals surface area contributed by atoms with E-state index in [1.165, 1.54) is 0 Å². The monoisotopic (exact) mass is 230 g/mol. The number of nitrogens with two attached hydrogens (primary N) is 1. The number of hydrogen-bond acceptors (Lipinski definition) is 4. The molecule has 0 aliphatic carbocycles. The summed E-state index contributed by atoms with van der Waals surface area (Å²) in [6, 6.07) is 7.17. The van der Waals surface area contributed by atoms with Crippen LogP contribution in [0.5, 0.6) is 0 Å². The third-order valence-corrected chi connectivity index (χ3v) is 2.60. The molecule has 84 valence electrons.